The van der Waals surface area contributed by atoms with E-state index < -0.39 is 0 Å². The summed E-state index contributed by atoms with van der Waals surface area (Å²) >= 11 is 0. The summed E-state index contributed by atoms with van der Waals surface area (Å²) in [4.78, 5) is 2.35. The van der Waals surface area contributed by atoms with Gasteiger partial charge in [-0.1, -0.05) is 0 Å². The van der Waals surface area contributed by atoms with Crippen LogP contribution in [-0.4, -0.2) is 56.5 Å². The Balaban J connectivity index is 0.00000196. The Hall–Kier alpha value is 0.130. The summed E-state index contributed by atoms with van der Waals surface area (Å²) in [6.45, 7) is 9.25. The SMILES string of the molecule is CC(C)OCCN1CCOC(CN)C1.Cl. The molecular formula is C10H23ClN2O2. The summed E-state index contributed by atoms with van der Waals surface area (Å²) in [5.41, 5.74) is 5.56. The molecule has 0 aromatic rings. The monoisotopic (exact) mass is 238 g/mol. The van der Waals surface area contributed by atoms with Crippen molar-refractivity contribution in [2.75, 3.05) is 39.4 Å². The fourth-order valence-corrected chi connectivity index (χ4v) is 1.54. The summed E-state index contributed by atoms with van der Waals surface area (Å²) in [7, 11) is 0. The molecule has 0 spiro atoms. The van der Waals surface area contributed by atoms with Gasteiger partial charge in [-0.05, 0) is 13.8 Å². The molecule has 1 rings (SSSR count). The van der Waals surface area contributed by atoms with Crippen molar-refractivity contribution in [3.63, 3.8) is 0 Å². The molecule has 0 bridgehead atoms. The van der Waals surface area contributed by atoms with E-state index in [1.165, 1.54) is 0 Å². The molecule has 1 heterocycles. The molecule has 0 saturated carbocycles. The summed E-state index contributed by atoms with van der Waals surface area (Å²) in [6.07, 6.45) is 0.532. The fourth-order valence-electron chi connectivity index (χ4n) is 1.54. The Labute approximate surface area is 98.5 Å². The molecule has 1 saturated heterocycles. The number of morpholine rings is 1. The fraction of sp³-hybridized carbons (Fsp3) is 1.00. The number of rotatable bonds is 5. The van der Waals surface area contributed by atoms with Crippen LogP contribution in [0.2, 0.25) is 0 Å². The topological polar surface area (TPSA) is 47.7 Å². The standard InChI is InChI=1S/C10H22N2O2.ClH/c1-9(2)13-5-3-12-4-6-14-10(7-11)8-12;/h9-10H,3-8,11H2,1-2H3;1H. The highest BCUT2D eigenvalue weighted by Crippen LogP contribution is 2.03. The van der Waals surface area contributed by atoms with Crippen molar-refractivity contribution >= 4 is 12.4 Å². The minimum atomic E-state index is 0. The van der Waals surface area contributed by atoms with Crippen molar-refractivity contribution in [2.24, 2.45) is 5.73 Å². The second kappa shape index (κ2) is 8.30. The molecule has 1 unspecified atom stereocenters. The highest BCUT2D eigenvalue weighted by atomic mass is 35.5. The normalized spacial score (nSPS) is 22.8. The first-order valence-corrected chi connectivity index (χ1v) is 5.38. The molecule has 0 aromatic carbocycles. The molecule has 0 aliphatic carbocycles. The van der Waals surface area contributed by atoms with Crippen LogP contribution in [0.1, 0.15) is 13.8 Å². The third-order valence-corrected chi connectivity index (χ3v) is 2.34. The summed E-state index contributed by atoms with van der Waals surface area (Å²) in [5.74, 6) is 0. The van der Waals surface area contributed by atoms with Crippen molar-refractivity contribution in [3.8, 4) is 0 Å². The summed E-state index contributed by atoms with van der Waals surface area (Å²) < 4.78 is 11.0. The van der Waals surface area contributed by atoms with Gasteiger partial charge in [0, 0.05) is 26.2 Å². The lowest BCUT2D eigenvalue weighted by molar-refractivity contribution is -0.0352. The Morgan fingerprint density at radius 2 is 2.27 bits per heavy atom. The average Bonchev–Trinajstić information content (AvgIpc) is 2.18. The lowest BCUT2D eigenvalue weighted by atomic mass is 10.3. The maximum atomic E-state index is 5.56. The van der Waals surface area contributed by atoms with Crippen molar-refractivity contribution in [2.45, 2.75) is 26.1 Å². The van der Waals surface area contributed by atoms with Crippen molar-refractivity contribution < 1.29 is 9.47 Å². The maximum Gasteiger partial charge on any atom is 0.0824 e. The van der Waals surface area contributed by atoms with Gasteiger partial charge in [-0.25, -0.2) is 0 Å². The van der Waals surface area contributed by atoms with Gasteiger partial charge in [0.2, 0.25) is 0 Å². The molecule has 92 valence electrons. The van der Waals surface area contributed by atoms with Gasteiger partial charge in [0.25, 0.3) is 0 Å². The molecule has 4 nitrogen and oxygen atoms in total. The van der Waals surface area contributed by atoms with Gasteiger partial charge in [0.15, 0.2) is 0 Å². The van der Waals surface area contributed by atoms with E-state index in [0.29, 0.717) is 12.6 Å². The van der Waals surface area contributed by atoms with Crippen molar-refractivity contribution in [3.05, 3.63) is 0 Å². The van der Waals surface area contributed by atoms with Gasteiger partial charge in [-0.2, -0.15) is 0 Å². The van der Waals surface area contributed by atoms with Gasteiger partial charge >= 0.3 is 0 Å². The Kier molecular flexibility index (Phi) is 8.37. The Morgan fingerprint density at radius 3 is 2.87 bits per heavy atom. The molecule has 15 heavy (non-hydrogen) atoms. The quantitative estimate of drug-likeness (QED) is 0.758. The first kappa shape index (κ1) is 15.1. The predicted octanol–water partition coefficient (Wildman–Crippen LogP) is 0.493. The van der Waals surface area contributed by atoms with E-state index in [4.69, 9.17) is 15.2 Å². The molecule has 0 amide bonds. The van der Waals surface area contributed by atoms with Crippen LogP contribution in [0.15, 0.2) is 0 Å². The third kappa shape index (κ3) is 6.33. The van der Waals surface area contributed by atoms with Crippen LogP contribution in [0, 0.1) is 0 Å². The van der Waals surface area contributed by atoms with Crippen molar-refractivity contribution in [1.29, 1.82) is 0 Å². The molecule has 1 aliphatic heterocycles. The first-order valence-electron chi connectivity index (χ1n) is 5.38. The predicted molar refractivity (Wildman–Crippen MR) is 63.6 cm³/mol. The van der Waals surface area contributed by atoms with Gasteiger partial charge < -0.3 is 15.2 Å². The van der Waals surface area contributed by atoms with Crippen LogP contribution in [0.4, 0.5) is 0 Å². The highest BCUT2D eigenvalue weighted by molar-refractivity contribution is 5.85. The molecule has 0 aromatic heterocycles. The maximum absolute atomic E-state index is 5.56. The number of hydrogen-bond donors (Lipinski definition) is 1. The van der Waals surface area contributed by atoms with Crippen LogP contribution in [0.3, 0.4) is 0 Å². The first-order chi connectivity index (χ1) is 6.72. The van der Waals surface area contributed by atoms with Crippen molar-refractivity contribution in [1.82, 2.24) is 4.90 Å². The van der Waals surface area contributed by atoms with Crippen LogP contribution in [0.25, 0.3) is 0 Å². The lowest BCUT2D eigenvalue weighted by Crippen LogP contribution is -2.46. The van der Waals surface area contributed by atoms with Crippen LogP contribution >= 0.6 is 12.4 Å². The zero-order chi connectivity index (χ0) is 10.4. The van der Waals surface area contributed by atoms with Gasteiger partial charge in [0.05, 0.1) is 25.4 Å². The molecule has 0 radical (unpaired) electrons. The second-order valence-electron chi connectivity index (χ2n) is 3.95. The van der Waals surface area contributed by atoms with Crippen LogP contribution < -0.4 is 5.73 Å². The number of nitrogens with two attached hydrogens (primary N) is 1. The number of hydrogen-bond acceptors (Lipinski definition) is 4. The van der Waals surface area contributed by atoms with E-state index in [-0.39, 0.29) is 18.5 Å². The Morgan fingerprint density at radius 1 is 1.53 bits per heavy atom. The summed E-state index contributed by atoms with van der Waals surface area (Å²) in [6, 6.07) is 0. The van der Waals surface area contributed by atoms with E-state index in [0.717, 1.165) is 32.8 Å². The largest absolute Gasteiger partial charge is 0.377 e. The second-order valence-corrected chi connectivity index (χ2v) is 3.95. The van der Waals surface area contributed by atoms with E-state index in [9.17, 15) is 0 Å². The van der Waals surface area contributed by atoms with Crippen LogP contribution in [-0.2, 0) is 9.47 Å². The molecule has 1 atom stereocenters. The lowest BCUT2D eigenvalue weighted by Gasteiger charge is -2.32. The zero-order valence-electron chi connectivity index (χ0n) is 9.65. The minimum Gasteiger partial charge on any atom is -0.377 e. The van der Waals surface area contributed by atoms with E-state index in [1.807, 2.05) is 0 Å². The molecule has 1 fully saturated rings. The van der Waals surface area contributed by atoms with Gasteiger partial charge in [-0.3, -0.25) is 4.90 Å². The molecule has 1 aliphatic rings. The van der Waals surface area contributed by atoms with E-state index >= 15 is 0 Å². The highest BCUT2D eigenvalue weighted by Gasteiger charge is 2.18. The number of ether oxygens (including phenoxy) is 2. The minimum absolute atomic E-state index is 0. The van der Waals surface area contributed by atoms with E-state index in [2.05, 4.69) is 18.7 Å². The van der Waals surface area contributed by atoms with Crippen LogP contribution in [0.5, 0.6) is 0 Å². The number of halogens is 1. The average molecular weight is 239 g/mol. The molecule has 2 N–H and O–H groups in total. The summed E-state index contributed by atoms with van der Waals surface area (Å²) in [5, 5.41) is 0. The van der Waals surface area contributed by atoms with Gasteiger partial charge in [0.1, 0.15) is 0 Å². The zero-order valence-corrected chi connectivity index (χ0v) is 10.5. The van der Waals surface area contributed by atoms with Gasteiger partial charge in [-0.15, -0.1) is 12.4 Å². The third-order valence-electron chi connectivity index (χ3n) is 2.34. The Bertz CT molecular complexity index is 158. The smallest absolute Gasteiger partial charge is 0.0824 e. The van der Waals surface area contributed by atoms with E-state index in [1.54, 1.807) is 0 Å². The molecular weight excluding hydrogens is 216 g/mol. The number of nitrogens with zero attached hydrogens (tertiary/aromatic N) is 1. The molecule has 5 heteroatoms.